The average Bonchev–Trinajstić information content (AvgIpc) is 2.41. The predicted octanol–water partition coefficient (Wildman–Crippen LogP) is -0.0194. The smallest absolute Gasteiger partial charge is 0.107 e. The van der Waals surface area contributed by atoms with Crippen molar-refractivity contribution in [1.82, 2.24) is 15.5 Å². The van der Waals surface area contributed by atoms with Gasteiger partial charge in [0.1, 0.15) is 5.69 Å². The van der Waals surface area contributed by atoms with Gasteiger partial charge in [-0.25, -0.2) is 0 Å². The topological polar surface area (TPSA) is 40.7 Å². The van der Waals surface area contributed by atoms with Gasteiger partial charge in [-0.05, 0) is 19.0 Å². The highest BCUT2D eigenvalue weighted by molar-refractivity contribution is 5.25. The second-order valence-corrected chi connectivity index (χ2v) is 1.80. The van der Waals surface area contributed by atoms with Crippen LogP contribution in [-0.4, -0.2) is 23.8 Å². The molecule has 0 spiro atoms. The molecule has 2 N–H and O–H groups in total. The van der Waals surface area contributed by atoms with Gasteiger partial charge in [0, 0.05) is 6.20 Å². The SMILES string of the molecule is CNCC#Cc1ccn[nH]1. The lowest BCUT2D eigenvalue weighted by molar-refractivity contribution is 0.937. The lowest BCUT2D eigenvalue weighted by Crippen LogP contribution is -2.04. The van der Waals surface area contributed by atoms with E-state index in [4.69, 9.17) is 0 Å². The third-order valence-corrected chi connectivity index (χ3v) is 0.989. The highest BCUT2D eigenvalue weighted by Gasteiger charge is 1.81. The molecule has 0 saturated carbocycles. The summed E-state index contributed by atoms with van der Waals surface area (Å²) in [7, 11) is 1.86. The third-order valence-electron chi connectivity index (χ3n) is 0.989. The molecule has 0 unspecified atom stereocenters. The second-order valence-electron chi connectivity index (χ2n) is 1.80. The van der Waals surface area contributed by atoms with Crippen LogP contribution < -0.4 is 5.32 Å². The van der Waals surface area contributed by atoms with Crippen molar-refractivity contribution in [3.8, 4) is 11.8 Å². The number of nitrogens with zero attached hydrogens (tertiary/aromatic N) is 1. The van der Waals surface area contributed by atoms with Crippen LogP contribution in [0.15, 0.2) is 12.3 Å². The van der Waals surface area contributed by atoms with Gasteiger partial charge >= 0.3 is 0 Å². The van der Waals surface area contributed by atoms with Gasteiger partial charge in [-0.3, -0.25) is 5.10 Å². The normalized spacial score (nSPS) is 8.50. The quantitative estimate of drug-likeness (QED) is 0.531. The summed E-state index contributed by atoms with van der Waals surface area (Å²) in [6, 6.07) is 1.84. The van der Waals surface area contributed by atoms with E-state index in [1.165, 1.54) is 0 Å². The Hall–Kier alpha value is -1.27. The van der Waals surface area contributed by atoms with Gasteiger partial charge in [0.15, 0.2) is 0 Å². The first-order valence-corrected chi connectivity index (χ1v) is 3.06. The molecule has 0 aliphatic heterocycles. The Morgan fingerprint density at radius 1 is 1.80 bits per heavy atom. The number of H-pyrrole nitrogens is 1. The molecule has 0 amide bonds. The largest absolute Gasteiger partial charge is 0.309 e. The van der Waals surface area contributed by atoms with Crippen LogP contribution in [0.2, 0.25) is 0 Å². The Kier molecular flexibility index (Phi) is 2.53. The maximum absolute atomic E-state index is 3.75. The van der Waals surface area contributed by atoms with E-state index < -0.39 is 0 Å². The number of hydrogen-bond acceptors (Lipinski definition) is 2. The molecule has 0 bridgehead atoms. The van der Waals surface area contributed by atoms with Crippen LogP contribution in [0.1, 0.15) is 5.69 Å². The summed E-state index contributed by atoms with van der Waals surface area (Å²) >= 11 is 0. The first-order chi connectivity index (χ1) is 4.93. The van der Waals surface area contributed by atoms with E-state index in [1.54, 1.807) is 6.20 Å². The number of aromatic nitrogens is 2. The van der Waals surface area contributed by atoms with Crippen molar-refractivity contribution >= 4 is 0 Å². The van der Waals surface area contributed by atoms with E-state index in [-0.39, 0.29) is 0 Å². The summed E-state index contributed by atoms with van der Waals surface area (Å²) in [5.74, 6) is 5.80. The van der Waals surface area contributed by atoms with Crippen molar-refractivity contribution in [2.45, 2.75) is 0 Å². The van der Waals surface area contributed by atoms with Gasteiger partial charge in [-0.2, -0.15) is 5.10 Å². The first-order valence-electron chi connectivity index (χ1n) is 3.06. The Morgan fingerprint density at radius 3 is 3.30 bits per heavy atom. The minimum absolute atomic E-state index is 0.707. The van der Waals surface area contributed by atoms with E-state index in [9.17, 15) is 0 Å². The highest BCUT2D eigenvalue weighted by Crippen LogP contribution is 1.84. The summed E-state index contributed by atoms with van der Waals surface area (Å²) in [6.45, 7) is 0.707. The van der Waals surface area contributed by atoms with Crippen LogP contribution in [-0.2, 0) is 0 Å². The average molecular weight is 135 g/mol. The zero-order valence-electron chi connectivity index (χ0n) is 5.81. The molecule has 10 heavy (non-hydrogen) atoms. The minimum atomic E-state index is 0.707. The van der Waals surface area contributed by atoms with E-state index in [2.05, 4.69) is 27.4 Å². The summed E-state index contributed by atoms with van der Waals surface area (Å²) in [6.07, 6.45) is 1.68. The van der Waals surface area contributed by atoms with E-state index >= 15 is 0 Å². The van der Waals surface area contributed by atoms with Crippen molar-refractivity contribution in [3.05, 3.63) is 18.0 Å². The molecule has 0 aliphatic carbocycles. The molecule has 1 heterocycles. The van der Waals surface area contributed by atoms with Crippen LogP contribution in [0, 0.1) is 11.8 Å². The van der Waals surface area contributed by atoms with Gasteiger partial charge in [-0.15, -0.1) is 0 Å². The van der Waals surface area contributed by atoms with E-state index in [0.717, 1.165) is 5.69 Å². The Bertz CT molecular complexity index is 227. The summed E-state index contributed by atoms with van der Waals surface area (Å²) < 4.78 is 0. The highest BCUT2D eigenvalue weighted by atomic mass is 15.1. The second kappa shape index (κ2) is 3.70. The number of hydrogen-bond donors (Lipinski definition) is 2. The molecule has 1 aromatic rings. The predicted molar refractivity (Wildman–Crippen MR) is 39.4 cm³/mol. The van der Waals surface area contributed by atoms with Crippen LogP contribution in [0.25, 0.3) is 0 Å². The molecule has 0 fully saturated rings. The zero-order valence-corrected chi connectivity index (χ0v) is 5.81. The lowest BCUT2D eigenvalue weighted by Gasteiger charge is -1.81. The fourth-order valence-electron chi connectivity index (χ4n) is 0.553. The molecule has 0 aliphatic rings. The van der Waals surface area contributed by atoms with Crippen molar-refractivity contribution in [2.24, 2.45) is 0 Å². The van der Waals surface area contributed by atoms with Crippen LogP contribution in [0.4, 0.5) is 0 Å². The molecule has 1 aromatic heterocycles. The zero-order chi connectivity index (χ0) is 7.23. The number of nitrogens with one attached hydrogen (secondary N) is 2. The Morgan fingerprint density at radius 2 is 2.70 bits per heavy atom. The standard InChI is InChI=1S/C7H9N3/c1-8-5-2-3-7-4-6-9-10-7/h4,6,8H,5H2,1H3,(H,9,10). The van der Waals surface area contributed by atoms with Crippen molar-refractivity contribution in [2.75, 3.05) is 13.6 Å². The van der Waals surface area contributed by atoms with Gasteiger partial charge in [0.25, 0.3) is 0 Å². The molecular formula is C7H9N3. The molecule has 0 saturated heterocycles. The third kappa shape index (κ3) is 1.92. The van der Waals surface area contributed by atoms with Gasteiger partial charge in [-0.1, -0.05) is 5.92 Å². The molecule has 0 aromatic carbocycles. The van der Waals surface area contributed by atoms with E-state index in [0.29, 0.717) is 6.54 Å². The Balaban J connectivity index is 2.49. The number of rotatable bonds is 1. The first kappa shape index (κ1) is 6.84. The van der Waals surface area contributed by atoms with Crippen LogP contribution >= 0.6 is 0 Å². The fourth-order valence-corrected chi connectivity index (χ4v) is 0.553. The Labute approximate surface area is 59.8 Å². The maximum atomic E-state index is 3.75. The van der Waals surface area contributed by atoms with Gasteiger partial charge < -0.3 is 5.32 Å². The van der Waals surface area contributed by atoms with Crippen molar-refractivity contribution in [3.63, 3.8) is 0 Å². The molecule has 52 valence electrons. The van der Waals surface area contributed by atoms with Crippen molar-refractivity contribution < 1.29 is 0 Å². The molecule has 1 rings (SSSR count). The van der Waals surface area contributed by atoms with E-state index in [1.807, 2.05) is 13.1 Å². The lowest BCUT2D eigenvalue weighted by atomic mass is 10.4. The number of aromatic amines is 1. The van der Waals surface area contributed by atoms with Gasteiger partial charge in [0.2, 0.25) is 0 Å². The van der Waals surface area contributed by atoms with Crippen LogP contribution in [0.5, 0.6) is 0 Å². The molecule has 0 radical (unpaired) electrons. The van der Waals surface area contributed by atoms with Gasteiger partial charge in [0.05, 0.1) is 6.54 Å². The molecular weight excluding hydrogens is 126 g/mol. The van der Waals surface area contributed by atoms with Crippen LogP contribution in [0.3, 0.4) is 0 Å². The summed E-state index contributed by atoms with van der Waals surface area (Å²) in [5, 5.41) is 9.42. The summed E-state index contributed by atoms with van der Waals surface area (Å²) in [5.41, 5.74) is 0.857. The maximum Gasteiger partial charge on any atom is 0.107 e. The minimum Gasteiger partial charge on any atom is -0.309 e. The fraction of sp³-hybridized carbons (Fsp3) is 0.286. The molecule has 3 nitrogen and oxygen atoms in total. The molecule has 0 atom stereocenters. The summed E-state index contributed by atoms with van der Waals surface area (Å²) in [4.78, 5) is 0. The monoisotopic (exact) mass is 135 g/mol. The molecule has 3 heteroatoms. The van der Waals surface area contributed by atoms with Crippen molar-refractivity contribution in [1.29, 1.82) is 0 Å².